The molecule has 0 radical (unpaired) electrons. The lowest BCUT2D eigenvalue weighted by atomic mass is 10.1. The van der Waals surface area contributed by atoms with Gasteiger partial charge in [0.15, 0.2) is 0 Å². The Bertz CT molecular complexity index is 139. The van der Waals surface area contributed by atoms with E-state index in [2.05, 4.69) is 18.7 Å². The van der Waals surface area contributed by atoms with E-state index in [0.717, 1.165) is 19.4 Å². The van der Waals surface area contributed by atoms with Crippen molar-refractivity contribution in [2.45, 2.75) is 33.1 Å². The zero-order valence-electron chi connectivity index (χ0n) is 9.88. The predicted octanol–water partition coefficient (Wildman–Crippen LogP) is 1.92. The standard InChI is InChI=1S/C11H23NO2/c1-10(2)7-9-14-11(13)6-5-8-12(3)4/h10H,5-9H2,1-4H3. The number of hydrogen-bond donors (Lipinski definition) is 0. The molecule has 0 aliphatic rings. The Morgan fingerprint density at radius 1 is 1.36 bits per heavy atom. The summed E-state index contributed by atoms with van der Waals surface area (Å²) in [4.78, 5) is 13.2. The number of rotatable bonds is 7. The van der Waals surface area contributed by atoms with Crippen LogP contribution in [0.3, 0.4) is 0 Å². The van der Waals surface area contributed by atoms with Crippen LogP contribution in [0.2, 0.25) is 0 Å². The lowest BCUT2D eigenvalue weighted by Crippen LogP contribution is -2.15. The van der Waals surface area contributed by atoms with Crippen molar-refractivity contribution in [1.82, 2.24) is 4.90 Å². The van der Waals surface area contributed by atoms with Gasteiger partial charge in [-0.1, -0.05) is 13.8 Å². The molecule has 0 aliphatic heterocycles. The molecule has 84 valence electrons. The first-order chi connectivity index (χ1) is 6.52. The fraction of sp³-hybridized carbons (Fsp3) is 0.909. The molecule has 0 aromatic heterocycles. The number of carbonyl (C=O) groups is 1. The SMILES string of the molecule is CC(C)CCOC(=O)CCCN(C)C. The van der Waals surface area contributed by atoms with Gasteiger partial charge in [0.25, 0.3) is 0 Å². The maximum atomic E-state index is 11.2. The minimum atomic E-state index is -0.0625. The molecule has 0 amide bonds. The first-order valence-corrected chi connectivity index (χ1v) is 5.32. The second-order valence-corrected chi connectivity index (χ2v) is 4.31. The summed E-state index contributed by atoms with van der Waals surface area (Å²) in [5.74, 6) is 0.539. The van der Waals surface area contributed by atoms with Gasteiger partial charge in [0, 0.05) is 6.42 Å². The lowest BCUT2D eigenvalue weighted by Gasteiger charge is -2.09. The average Bonchev–Trinajstić information content (AvgIpc) is 2.02. The van der Waals surface area contributed by atoms with Gasteiger partial charge in [-0.3, -0.25) is 4.79 Å². The number of carbonyl (C=O) groups excluding carboxylic acids is 1. The average molecular weight is 201 g/mol. The second-order valence-electron chi connectivity index (χ2n) is 4.31. The summed E-state index contributed by atoms with van der Waals surface area (Å²) in [6, 6.07) is 0. The molecule has 0 N–H and O–H groups in total. The van der Waals surface area contributed by atoms with Crippen molar-refractivity contribution in [2.24, 2.45) is 5.92 Å². The van der Waals surface area contributed by atoms with Gasteiger partial charge in [-0.25, -0.2) is 0 Å². The van der Waals surface area contributed by atoms with Crippen LogP contribution in [-0.2, 0) is 9.53 Å². The molecule has 0 atom stereocenters. The highest BCUT2D eigenvalue weighted by molar-refractivity contribution is 5.69. The van der Waals surface area contributed by atoms with Gasteiger partial charge in [0.05, 0.1) is 6.61 Å². The number of nitrogens with zero attached hydrogens (tertiary/aromatic N) is 1. The summed E-state index contributed by atoms with van der Waals surface area (Å²) < 4.78 is 5.08. The Kier molecular flexibility index (Phi) is 7.48. The molecule has 0 unspecified atom stereocenters. The number of esters is 1. The maximum absolute atomic E-state index is 11.2. The van der Waals surface area contributed by atoms with Crippen LogP contribution in [0.4, 0.5) is 0 Å². The van der Waals surface area contributed by atoms with Crippen molar-refractivity contribution in [3.05, 3.63) is 0 Å². The highest BCUT2D eigenvalue weighted by atomic mass is 16.5. The Hall–Kier alpha value is -0.570. The van der Waals surface area contributed by atoms with Crippen molar-refractivity contribution < 1.29 is 9.53 Å². The van der Waals surface area contributed by atoms with E-state index in [1.807, 2.05) is 14.1 Å². The van der Waals surface area contributed by atoms with E-state index < -0.39 is 0 Å². The van der Waals surface area contributed by atoms with Crippen molar-refractivity contribution >= 4 is 5.97 Å². The summed E-state index contributed by atoms with van der Waals surface area (Å²) >= 11 is 0. The third-order valence-electron chi connectivity index (χ3n) is 1.94. The fourth-order valence-electron chi connectivity index (χ4n) is 1.02. The van der Waals surface area contributed by atoms with Crippen LogP contribution in [0, 0.1) is 5.92 Å². The summed E-state index contributed by atoms with van der Waals surface area (Å²) in [7, 11) is 4.01. The minimum Gasteiger partial charge on any atom is -0.466 e. The molecule has 0 bridgehead atoms. The number of hydrogen-bond acceptors (Lipinski definition) is 3. The molecular formula is C11H23NO2. The smallest absolute Gasteiger partial charge is 0.305 e. The molecule has 0 aliphatic carbocycles. The van der Waals surface area contributed by atoms with E-state index in [4.69, 9.17) is 4.74 Å². The van der Waals surface area contributed by atoms with Crippen LogP contribution in [-0.4, -0.2) is 38.1 Å². The van der Waals surface area contributed by atoms with Crippen LogP contribution >= 0.6 is 0 Å². The van der Waals surface area contributed by atoms with E-state index in [1.54, 1.807) is 0 Å². The molecule has 0 aromatic carbocycles. The summed E-state index contributed by atoms with van der Waals surface area (Å²) in [6.07, 6.45) is 2.38. The zero-order valence-corrected chi connectivity index (χ0v) is 9.88. The highest BCUT2D eigenvalue weighted by Crippen LogP contribution is 2.01. The lowest BCUT2D eigenvalue weighted by molar-refractivity contribution is -0.144. The van der Waals surface area contributed by atoms with Crippen molar-refractivity contribution in [2.75, 3.05) is 27.2 Å². The zero-order chi connectivity index (χ0) is 11.0. The van der Waals surface area contributed by atoms with Gasteiger partial charge < -0.3 is 9.64 Å². The Balaban J connectivity index is 3.28. The van der Waals surface area contributed by atoms with E-state index >= 15 is 0 Å². The predicted molar refractivity (Wildman–Crippen MR) is 58.2 cm³/mol. The monoisotopic (exact) mass is 201 g/mol. The van der Waals surface area contributed by atoms with Gasteiger partial charge in [-0.05, 0) is 39.4 Å². The van der Waals surface area contributed by atoms with Gasteiger partial charge in [0.1, 0.15) is 0 Å². The van der Waals surface area contributed by atoms with Crippen LogP contribution in [0.15, 0.2) is 0 Å². The van der Waals surface area contributed by atoms with E-state index in [0.29, 0.717) is 18.9 Å². The van der Waals surface area contributed by atoms with Crippen LogP contribution in [0.1, 0.15) is 33.1 Å². The van der Waals surface area contributed by atoms with E-state index in [1.165, 1.54) is 0 Å². The third kappa shape index (κ3) is 9.52. The minimum absolute atomic E-state index is 0.0625. The molecule has 0 saturated heterocycles. The quantitative estimate of drug-likeness (QED) is 0.589. The van der Waals surface area contributed by atoms with E-state index in [9.17, 15) is 4.79 Å². The van der Waals surface area contributed by atoms with Crippen LogP contribution < -0.4 is 0 Å². The first kappa shape index (κ1) is 13.4. The maximum Gasteiger partial charge on any atom is 0.305 e. The summed E-state index contributed by atoms with van der Waals surface area (Å²) in [5.41, 5.74) is 0. The van der Waals surface area contributed by atoms with Gasteiger partial charge in [0.2, 0.25) is 0 Å². The van der Waals surface area contributed by atoms with Crippen molar-refractivity contribution in [1.29, 1.82) is 0 Å². The van der Waals surface area contributed by atoms with Gasteiger partial charge >= 0.3 is 5.97 Å². The summed E-state index contributed by atoms with van der Waals surface area (Å²) in [6.45, 7) is 5.76. The molecule has 0 aromatic rings. The molecule has 0 saturated carbocycles. The topological polar surface area (TPSA) is 29.5 Å². The Labute approximate surface area is 87.4 Å². The second kappa shape index (κ2) is 7.80. The molecule has 0 spiro atoms. The molecule has 0 fully saturated rings. The largest absolute Gasteiger partial charge is 0.466 e. The fourth-order valence-corrected chi connectivity index (χ4v) is 1.02. The molecule has 14 heavy (non-hydrogen) atoms. The van der Waals surface area contributed by atoms with Gasteiger partial charge in [-0.15, -0.1) is 0 Å². The molecule has 0 rings (SSSR count). The summed E-state index contributed by atoms with van der Waals surface area (Å²) in [5, 5.41) is 0. The van der Waals surface area contributed by atoms with Gasteiger partial charge in [-0.2, -0.15) is 0 Å². The Morgan fingerprint density at radius 2 is 2.00 bits per heavy atom. The normalized spacial score (nSPS) is 11.0. The number of ether oxygens (including phenoxy) is 1. The third-order valence-corrected chi connectivity index (χ3v) is 1.94. The van der Waals surface area contributed by atoms with Crippen molar-refractivity contribution in [3.8, 4) is 0 Å². The van der Waals surface area contributed by atoms with Crippen LogP contribution in [0.25, 0.3) is 0 Å². The molecular weight excluding hydrogens is 178 g/mol. The molecule has 3 heteroatoms. The Morgan fingerprint density at radius 3 is 2.50 bits per heavy atom. The van der Waals surface area contributed by atoms with Crippen molar-refractivity contribution in [3.63, 3.8) is 0 Å². The molecule has 3 nitrogen and oxygen atoms in total. The molecule has 0 heterocycles. The van der Waals surface area contributed by atoms with E-state index in [-0.39, 0.29) is 5.97 Å². The highest BCUT2D eigenvalue weighted by Gasteiger charge is 2.03. The van der Waals surface area contributed by atoms with Crippen LogP contribution in [0.5, 0.6) is 0 Å². The first-order valence-electron chi connectivity index (χ1n) is 5.32.